The van der Waals surface area contributed by atoms with Gasteiger partial charge in [0.25, 0.3) is 5.91 Å². The Balaban J connectivity index is 1.40. The molecule has 0 aliphatic carbocycles. The average molecular weight is 559 g/mol. The standard InChI is InChI=1S/C28H30N8O5/c1-4-35-21(12-17(2)34-35)25(38)33-26-32-20-13-18(24(29)37)14-22-23(20)36(26)28(3,16-41-22)9-7-11-31-27(39)40-15-19-8-5-6-10-30-19/h5-10,12-14H,4,11,15-16H2,1-3H3,(H2,29,37)(H,31,39)(H,32,33,38)/b9-7+/t28-/m0/s1. The molecule has 3 amide bonds. The van der Waals surface area contributed by atoms with Crippen molar-refractivity contribution in [2.45, 2.75) is 39.5 Å². The maximum atomic E-state index is 13.3. The Labute approximate surface area is 235 Å². The summed E-state index contributed by atoms with van der Waals surface area (Å²) >= 11 is 0. The van der Waals surface area contributed by atoms with Crippen LogP contribution in [-0.4, -0.2) is 55.4 Å². The molecule has 0 saturated carbocycles. The van der Waals surface area contributed by atoms with Gasteiger partial charge in [0.2, 0.25) is 11.9 Å². The molecule has 212 valence electrons. The van der Waals surface area contributed by atoms with E-state index in [9.17, 15) is 14.4 Å². The van der Waals surface area contributed by atoms with Crippen LogP contribution in [0.1, 0.15) is 46.1 Å². The number of nitrogens with one attached hydrogen (secondary N) is 2. The number of alkyl carbamates (subject to hydrolysis) is 1. The molecule has 4 N–H and O–H groups in total. The zero-order valence-corrected chi connectivity index (χ0v) is 22.9. The Morgan fingerprint density at radius 2 is 2.07 bits per heavy atom. The lowest BCUT2D eigenvalue weighted by atomic mass is 9.99. The zero-order chi connectivity index (χ0) is 29.1. The predicted octanol–water partition coefficient (Wildman–Crippen LogP) is 2.90. The highest BCUT2D eigenvalue weighted by molar-refractivity contribution is 6.04. The Kier molecular flexibility index (Phi) is 7.42. The molecule has 0 bridgehead atoms. The van der Waals surface area contributed by atoms with Gasteiger partial charge in [-0.05, 0) is 51.1 Å². The van der Waals surface area contributed by atoms with E-state index in [1.165, 1.54) is 0 Å². The number of imidazole rings is 1. The van der Waals surface area contributed by atoms with Gasteiger partial charge in [0.15, 0.2) is 0 Å². The number of primary amides is 1. The van der Waals surface area contributed by atoms with Crippen molar-refractivity contribution in [3.63, 3.8) is 0 Å². The molecule has 4 aromatic rings. The molecule has 1 aromatic carbocycles. The first-order valence-corrected chi connectivity index (χ1v) is 13.0. The van der Waals surface area contributed by atoms with E-state index in [4.69, 9.17) is 15.2 Å². The summed E-state index contributed by atoms with van der Waals surface area (Å²) in [4.78, 5) is 46.2. The molecule has 1 atom stereocenters. The third-order valence-electron chi connectivity index (χ3n) is 6.61. The summed E-state index contributed by atoms with van der Waals surface area (Å²) in [5.41, 5.74) is 7.71. The third kappa shape index (κ3) is 5.60. The van der Waals surface area contributed by atoms with Gasteiger partial charge in [-0.1, -0.05) is 18.2 Å². The number of hydrogen-bond donors (Lipinski definition) is 3. The van der Waals surface area contributed by atoms with Gasteiger partial charge in [-0.2, -0.15) is 5.10 Å². The molecular weight excluding hydrogens is 528 g/mol. The average Bonchev–Trinajstić information content (AvgIpc) is 3.53. The number of ether oxygens (including phenoxy) is 2. The molecule has 41 heavy (non-hydrogen) atoms. The minimum Gasteiger partial charge on any atom is -0.488 e. The molecule has 4 heterocycles. The van der Waals surface area contributed by atoms with Crippen LogP contribution in [0.4, 0.5) is 10.7 Å². The predicted molar refractivity (Wildman–Crippen MR) is 150 cm³/mol. The molecule has 13 heteroatoms. The number of rotatable bonds is 9. The van der Waals surface area contributed by atoms with Gasteiger partial charge < -0.3 is 20.5 Å². The zero-order valence-electron chi connectivity index (χ0n) is 22.9. The van der Waals surface area contributed by atoms with Crippen molar-refractivity contribution in [2.24, 2.45) is 5.73 Å². The van der Waals surface area contributed by atoms with Crippen LogP contribution in [0.3, 0.4) is 0 Å². The minimum absolute atomic E-state index is 0.0541. The van der Waals surface area contributed by atoms with Crippen LogP contribution in [0, 0.1) is 6.92 Å². The fourth-order valence-corrected chi connectivity index (χ4v) is 4.68. The van der Waals surface area contributed by atoms with Gasteiger partial charge in [0.05, 0.1) is 22.4 Å². The Morgan fingerprint density at radius 3 is 2.80 bits per heavy atom. The second-order valence-corrected chi connectivity index (χ2v) is 9.74. The number of carbonyl (C=O) groups is 3. The minimum atomic E-state index is -0.820. The number of amides is 3. The number of hydrogen-bond acceptors (Lipinski definition) is 8. The maximum absolute atomic E-state index is 13.3. The maximum Gasteiger partial charge on any atom is 0.407 e. The van der Waals surface area contributed by atoms with E-state index in [1.807, 2.05) is 37.5 Å². The number of nitrogens with zero attached hydrogens (tertiary/aromatic N) is 5. The normalized spacial score (nSPS) is 16.0. The lowest BCUT2D eigenvalue weighted by molar-refractivity contribution is 0.0995. The number of aromatic nitrogens is 5. The molecular formula is C28H30N8O5. The quantitative estimate of drug-likeness (QED) is 0.264. The highest BCUT2D eigenvalue weighted by atomic mass is 16.5. The lowest BCUT2D eigenvalue weighted by Crippen LogP contribution is -2.39. The number of nitrogens with two attached hydrogens (primary N) is 1. The largest absolute Gasteiger partial charge is 0.488 e. The summed E-state index contributed by atoms with van der Waals surface area (Å²) < 4.78 is 14.7. The van der Waals surface area contributed by atoms with E-state index in [1.54, 1.807) is 47.3 Å². The van der Waals surface area contributed by atoms with E-state index in [2.05, 4.69) is 25.7 Å². The fourth-order valence-electron chi connectivity index (χ4n) is 4.68. The SMILES string of the molecule is CCn1nc(C)cc1C(=O)Nc1nc2cc(C(N)=O)cc3c2n1[C@@](C)(/C=C/CNC(=O)OCc1ccccn1)CO3. The van der Waals surface area contributed by atoms with Crippen LogP contribution in [0.2, 0.25) is 0 Å². The van der Waals surface area contributed by atoms with Crippen LogP contribution in [-0.2, 0) is 23.4 Å². The van der Waals surface area contributed by atoms with Crippen LogP contribution in [0.5, 0.6) is 5.75 Å². The molecule has 0 fully saturated rings. The number of pyridine rings is 1. The third-order valence-corrected chi connectivity index (χ3v) is 6.61. The smallest absolute Gasteiger partial charge is 0.407 e. The Bertz CT molecular complexity index is 1660. The van der Waals surface area contributed by atoms with Crippen molar-refractivity contribution >= 4 is 34.9 Å². The summed E-state index contributed by atoms with van der Waals surface area (Å²) in [6, 6.07) is 10.2. The second kappa shape index (κ2) is 11.1. The lowest BCUT2D eigenvalue weighted by Gasteiger charge is -2.34. The van der Waals surface area contributed by atoms with Gasteiger partial charge >= 0.3 is 6.09 Å². The van der Waals surface area contributed by atoms with Crippen molar-refractivity contribution in [3.05, 3.63) is 77.4 Å². The van der Waals surface area contributed by atoms with Gasteiger partial charge in [0.1, 0.15) is 30.2 Å². The molecule has 0 unspecified atom stereocenters. The monoisotopic (exact) mass is 558 g/mol. The summed E-state index contributed by atoms with van der Waals surface area (Å²) in [5, 5.41) is 9.94. The molecule has 1 aliphatic rings. The Morgan fingerprint density at radius 1 is 1.24 bits per heavy atom. The van der Waals surface area contributed by atoms with E-state index >= 15 is 0 Å². The molecule has 0 spiro atoms. The van der Waals surface area contributed by atoms with Crippen molar-refractivity contribution in [2.75, 3.05) is 18.5 Å². The van der Waals surface area contributed by atoms with E-state index in [0.717, 1.165) is 0 Å². The summed E-state index contributed by atoms with van der Waals surface area (Å²) in [7, 11) is 0. The van der Waals surface area contributed by atoms with E-state index in [-0.39, 0.29) is 37.2 Å². The summed E-state index contributed by atoms with van der Waals surface area (Å²) in [5.74, 6) is -0.331. The number of aryl methyl sites for hydroxylation is 2. The Hall–Kier alpha value is -5.20. The molecule has 5 rings (SSSR count). The molecule has 0 saturated heterocycles. The highest BCUT2D eigenvalue weighted by Crippen LogP contribution is 2.40. The highest BCUT2D eigenvalue weighted by Gasteiger charge is 2.36. The summed E-state index contributed by atoms with van der Waals surface area (Å²) in [6.07, 6.45) is 4.66. The van der Waals surface area contributed by atoms with Crippen molar-refractivity contribution in [1.29, 1.82) is 0 Å². The number of carbonyl (C=O) groups excluding carboxylic acids is 3. The molecule has 1 aliphatic heterocycles. The van der Waals surface area contributed by atoms with Gasteiger partial charge in [-0.15, -0.1) is 0 Å². The first-order valence-electron chi connectivity index (χ1n) is 13.0. The van der Waals surface area contributed by atoms with Gasteiger partial charge in [0, 0.05) is 24.8 Å². The molecule has 13 nitrogen and oxygen atoms in total. The number of anilines is 1. The molecule has 0 radical (unpaired) electrons. The summed E-state index contributed by atoms with van der Waals surface area (Å²) in [6.45, 7) is 6.53. The van der Waals surface area contributed by atoms with Crippen molar-refractivity contribution < 1.29 is 23.9 Å². The van der Waals surface area contributed by atoms with Crippen LogP contribution in [0.25, 0.3) is 11.0 Å². The molecule has 3 aromatic heterocycles. The van der Waals surface area contributed by atoms with Gasteiger partial charge in [-0.25, -0.2) is 9.78 Å². The van der Waals surface area contributed by atoms with Crippen molar-refractivity contribution in [3.8, 4) is 5.75 Å². The first-order chi connectivity index (χ1) is 19.7. The second-order valence-electron chi connectivity index (χ2n) is 9.74. The van der Waals surface area contributed by atoms with E-state index in [0.29, 0.717) is 40.4 Å². The van der Waals surface area contributed by atoms with Crippen LogP contribution >= 0.6 is 0 Å². The number of benzene rings is 1. The fraction of sp³-hybridized carbons (Fsp3) is 0.286. The van der Waals surface area contributed by atoms with Crippen LogP contribution < -0.4 is 21.1 Å². The van der Waals surface area contributed by atoms with Gasteiger partial charge in [-0.3, -0.25) is 29.1 Å². The topological polar surface area (TPSA) is 168 Å². The first kappa shape index (κ1) is 27.4. The van der Waals surface area contributed by atoms with Crippen LogP contribution in [0.15, 0.2) is 54.7 Å². The van der Waals surface area contributed by atoms with Crippen molar-refractivity contribution in [1.82, 2.24) is 29.6 Å². The van der Waals surface area contributed by atoms with E-state index < -0.39 is 17.5 Å².